The number of ether oxygens (including phenoxy) is 10. The molecule has 3 aromatic carbocycles. The number of aliphatic hydroxyl groups excluding tert-OH is 9. The third-order valence-electron chi connectivity index (χ3n) is 12.8. The van der Waals surface area contributed by atoms with Gasteiger partial charge in [0.05, 0.1) is 32.5 Å². The first kappa shape index (κ1) is 54.5. The van der Waals surface area contributed by atoms with Gasteiger partial charge in [0.15, 0.2) is 48.3 Å². The second-order valence-corrected chi connectivity index (χ2v) is 17.9. The molecule has 4 saturated heterocycles. The fourth-order valence-electron chi connectivity index (χ4n) is 8.65. The molecule has 4 fully saturated rings. The Morgan fingerprint density at radius 3 is 2.05 bits per heavy atom. The van der Waals surface area contributed by atoms with E-state index in [0.29, 0.717) is 5.56 Å². The molecule has 0 bridgehead atoms. The molecule has 0 amide bonds. The van der Waals surface area contributed by atoms with Crippen LogP contribution < -0.4 is 14.9 Å². The fourth-order valence-corrected chi connectivity index (χ4v) is 8.65. The summed E-state index contributed by atoms with van der Waals surface area (Å²) in [5.41, 5.74) is -1.09. The highest BCUT2D eigenvalue weighted by molar-refractivity contribution is 5.88. The number of hydrogen-bond acceptors (Lipinski definition) is 26. The summed E-state index contributed by atoms with van der Waals surface area (Å²) in [7, 11) is 1.30. The molecule has 26 nitrogen and oxygen atoms in total. The van der Waals surface area contributed by atoms with Crippen LogP contribution in [0.25, 0.3) is 28.4 Å². The molecule has 26 heteroatoms. The average Bonchev–Trinajstić information content (AvgIpc) is 3.36. The van der Waals surface area contributed by atoms with Gasteiger partial charge in [-0.05, 0) is 61.9 Å². The highest BCUT2D eigenvalue weighted by Crippen LogP contribution is 2.40. The maximum atomic E-state index is 14.6. The number of phenols is 4. The summed E-state index contributed by atoms with van der Waals surface area (Å²) in [6, 6.07) is 11.0. The summed E-state index contributed by atoms with van der Waals surface area (Å²) in [5, 5.41) is 139. The van der Waals surface area contributed by atoms with Crippen molar-refractivity contribution in [2.45, 2.75) is 131 Å². The van der Waals surface area contributed by atoms with Crippen molar-refractivity contribution in [1.82, 2.24) is 0 Å². The Morgan fingerprint density at radius 2 is 1.34 bits per heavy atom. The molecule has 8 rings (SSSR count). The van der Waals surface area contributed by atoms with E-state index in [-0.39, 0.29) is 28.4 Å². The van der Waals surface area contributed by atoms with Crippen LogP contribution in [0, 0.1) is 0 Å². The van der Waals surface area contributed by atoms with Crippen molar-refractivity contribution in [3.63, 3.8) is 0 Å². The van der Waals surface area contributed by atoms with Crippen LogP contribution in [0.5, 0.6) is 34.5 Å². The van der Waals surface area contributed by atoms with Crippen molar-refractivity contribution in [3.8, 4) is 45.8 Å². The minimum absolute atomic E-state index is 0.0478. The average molecular weight is 1050 g/mol. The molecule has 19 atom stereocenters. The molecular formula is C48H56O26. The lowest BCUT2D eigenvalue weighted by Crippen LogP contribution is -2.66. The number of rotatable bonds is 14. The number of methoxy groups -OCH3 is 1. The second kappa shape index (κ2) is 22.6. The van der Waals surface area contributed by atoms with Crippen LogP contribution in [0.1, 0.15) is 19.4 Å². The molecule has 0 radical (unpaired) electrons. The van der Waals surface area contributed by atoms with E-state index >= 15 is 0 Å². The van der Waals surface area contributed by atoms with E-state index in [1.807, 2.05) is 0 Å². The van der Waals surface area contributed by atoms with Crippen LogP contribution in [0.4, 0.5) is 0 Å². The number of aliphatic hydroxyl groups is 9. The van der Waals surface area contributed by atoms with Crippen LogP contribution in [-0.2, 0) is 42.7 Å². The predicted octanol–water partition coefficient (Wildman–Crippen LogP) is -2.10. The van der Waals surface area contributed by atoms with E-state index in [4.69, 9.17) is 51.8 Å². The fraction of sp³-hybridized carbons (Fsp3) is 0.500. The molecule has 0 aliphatic carbocycles. The summed E-state index contributed by atoms with van der Waals surface area (Å²) < 4.78 is 64.2. The van der Waals surface area contributed by atoms with Crippen molar-refractivity contribution in [2.24, 2.45) is 0 Å². The van der Waals surface area contributed by atoms with E-state index < -0.39 is 170 Å². The number of hydrogen-bond donors (Lipinski definition) is 13. The first-order valence-corrected chi connectivity index (χ1v) is 23.0. The van der Waals surface area contributed by atoms with Crippen molar-refractivity contribution in [2.75, 3.05) is 20.3 Å². The van der Waals surface area contributed by atoms with Gasteiger partial charge < -0.3 is 118 Å². The van der Waals surface area contributed by atoms with Gasteiger partial charge >= 0.3 is 5.97 Å². The molecule has 0 saturated carbocycles. The number of benzene rings is 3. The highest BCUT2D eigenvalue weighted by atomic mass is 16.8. The maximum absolute atomic E-state index is 14.6. The van der Waals surface area contributed by atoms with Gasteiger partial charge in [0.1, 0.15) is 95.4 Å². The number of carbonyl (C=O) groups is 1. The zero-order valence-corrected chi connectivity index (χ0v) is 39.4. The first-order chi connectivity index (χ1) is 35.1. The Bertz CT molecular complexity index is 2680. The van der Waals surface area contributed by atoms with Gasteiger partial charge in [-0.25, -0.2) is 4.79 Å². The number of esters is 1. The standard InChI is InChI=1S/C48H56O26/c1-17-31(55)36(60)38(62)47(68-17)74-44-42(71-29(54)11-5-19-4-10-23(51)26(12-19)64-3)34(58)28(16-66-46-39(63)41(32(56)18(2)67-46)72-45-37(61)33(57)25(53)15-65-45)70-48(44)73-43-35(59)30-24(52)13-22(50)14-27(30)69-40(43)20-6-8-21(49)9-7-20/h4-14,17-18,25,28,31-34,36-39,41-42,44-53,55-58,60-63H,15-16H2,1-3H3. The summed E-state index contributed by atoms with van der Waals surface area (Å²) in [6.07, 6.45) is -31.6. The Balaban J connectivity index is 1.19. The Morgan fingerprint density at radius 1 is 0.662 bits per heavy atom. The van der Waals surface area contributed by atoms with Crippen molar-refractivity contribution < 1.29 is 123 Å². The SMILES string of the molecule is COc1cc(C=CC(=O)OC2C(O)C(COC3OC(C)C(O)C(OC4OCC(O)C(O)C4O)C3O)OC(Oc3c(-c4ccc(O)cc4)oc4cc(O)cc(O)c4c3=O)C2OC2OC(C)C(O)C(O)C2O)ccc1O. The minimum atomic E-state index is -2.15. The number of phenolic OH excluding ortho intramolecular Hbond substituents is 4. The lowest BCUT2D eigenvalue weighted by molar-refractivity contribution is -0.365. The Hall–Kier alpha value is -5.76. The van der Waals surface area contributed by atoms with Gasteiger partial charge in [-0.1, -0.05) is 6.07 Å². The summed E-state index contributed by atoms with van der Waals surface area (Å²) in [6.45, 7) is 1.36. The number of fused-ring (bicyclic) bond motifs is 1. The van der Waals surface area contributed by atoms with Crippen LogP contribution in [0.3, 0.4) is 0 Å². The van der Waals surface area contributed by atoms with E-state index in [0.717, 1.165) is 18.2 Å². The van der Waals surface area contributed by atoms with E-state index in [1.165, 1.54) is 69.5 Å². The first-order valence-electron chi connectivity index (χ1n) is 23.0. The molecule has 4 aliphatic heterocycles. The Labute approximate surface area is 418 Å². The van der Waals surface area contributed by atoms with Crippen molar-refractivity contribution in [3.05, 3.63) is 76.5 Å². The van der Waals surface area contributed by atoms with Gasteiger partial charge in [-0.2, -0.15) is 0 Å². The molecule has 4 aromatic rings. The van der Waals surface area contributed by atoms with Gasteiger partial charge in [-0.3, -0.25) is 4.79 Å². The summed E-state index contributed by atoms with van der Waals surface area (Å²) in [4.78, 5) is 28.5. The van der Waals surface area contributed by atoms with Gasteiger partial charge in [0.2, 0.25) is 17.5 Å². The zero-order valence-electron chi connectivity index (χ0n) is 39.4. The molecule has 13 N–H and O–H groups in total. The largest absolute Gasteiger partial charge is 0.508 e. The quantitative estimate of drug-likeness (QED) is 0.0475. The zero-order chi connectivity index (χ0) is 53.4. The predicted molar refractivity (Wildman–Crippen MR) is 244 cm³/mol. The molecule has 74 heavy (non-hydrogen) atoms. The Kier molecular flexibility index (Phi) is 16.6. The van der Waals surface area contributed by atoms with Crippen LogP contribution in [0.2, 0.25) is 0 Å². The molecule has 404 valence electrons. The summed E-state index contributed by atoms with van der Waals surface area (Å²) >= 11 is 0. The van der Waals surface area contributed by atoms with E-state index in [2.05, 4.69) is 0 Å². The van der Waals surface area contributed by atoms with E-state index in [1.54, 1.807) is 0 Å². The van der Waals surface area contributed by atoms with Gasteiger partial charge in [-0.15, -0.1) is 0 Å². The number of aromatic hydroxyl groups is 4. The van der Waals surface area contributed by atoms with Crippen LogP contribution in [-0.4, -0.2) is 209 Å². The topological polar surface area (TPSA) is 403 Å². The molecule has 19 unspecified atom stereocenters. The summed E-state index contributed by atoms with van der Waals surface area (Å²) in [5.74, 6) is -4.03. The van der Waals surface area contributed by atoms with Crippen molar-refractivity contribution >= 4 is 23.0 Å². The number of carbonyl (C=O) groups excluding carboxylic acids is 1. The monoisotopic (exact) mass is 1050 g/mol. The second-order valence-electron chi connectivity index (χ2n) is 17.9. The smallest absolute Gasteiger partial charge is 0.331 e. The van der Waals surface area contributed by atoms with E-state index in [9.17, 15) is 76.0 Å². The molecule has 1 aromatic heterocycles. The van der Waals surface area contributed by atoms with Crippen molar-refractivity contribution in [1.29, 1.82) is 0 Å². The van der Waals surface area contributed by atoms with Gasteiger partial charge in [0.25, 0.3) is 0 Å². The van der Waals surface area contributed by atoms with Crippen LogP contribution in [0.15, 0.2) is 69.9 Å². The molecule has 4 aliphatic rings. The third-order valence-corrected chi connectivity index (χ3v) is 12.8. The normalized spacial score (nSPS) is 35.6. The molecule has 0 spiro atoms. The third kappa shape index (κ3) is 11.3. The highest BCUT2D eigenvalue weighted by Gasteiger charge is 2.55. The minimum Gasteiger partial charge on any atom is -0.508 e. The lowest BCUT2D eigenvalue weighted by atomic mass is 9.97. The van der Waals surface area contributed by atoms with Crippen LogP contribution >= 0.6 is 0 Å². The molecular weight excluding hydrogens is 993 g/mol. The molecule has 5 heterocycles. The lowest BCUT2D eigenvalue weighted by Gasteiger charge is -2.47. The van der Waals surface area contributed by atoms with Gasteiger partial charge in [0, 0.05) is 23.8 Å². The maximum Gasteiger partial charge on any atom is 0.331 e.